The molecule has 2 heterocycles. The number of hydrogen-bond acceptors (Lipinski definition) is 11. The lowest BCUT2D eigenvalue weighted by molar-refractivity contribution is -0.364. The average Bonchev–Trinajstić information content (AvgIpc) is 2.59. The molecule has 10 atom stereocenters. The minimum Gasteiger partial charge on any atom is -0.394 e. The Morgan fingerprint density at radius 2 is 1.21 bits per heavy atom. The number of methoxy groups -OCH3 is 1. The number of aliphatic hydroxyl groups excluding tert-OH is 7. The molecule has 7 N–H and O–H groups in total. The van der Waals surface area contributed by atoms with Gasteiger partial charge in [0.25, 0.3) is 0 Å². The molecule has 0 unspecified atom stereocenters. The predicted octanol–water partition coefficient (Wildman–Crippen LogP) is -4.74. The van der Waals surface area contributed by atoms with E-state index in [2.05, 4.69) is 0 Å². The van der Waals surface area contributed by atoms with E-state index in [4.69, 9.17) is 29.2 Å². The van der Waals surface area contributed by atoms with Crippen LogP contribution in [0.4, 0.5) is 0 Å². The highest BCUT2D eigenvalue weighted by atomic mass is 16.8. The molecule has 0 saturated carbocycles. The lowest BCUT2D eigenvalue weighted by atomic mass is 9.97. The van der Waals surface area contributed by atoms with Crippen LogP contribution in [-0.4, -0.2) is 117 Å². The summed E-state index contributed by atoms with van der Waals surface area (Å²) in [5.41, 5.74) is 0. The van der Waals surface area contributed by atoms with Crippen molar-refractivity contribution >= 4 is 0 Å². The first-order valence-electron chi connectivity index (χ1n) is 7.46. The summed E-state index contributed by atoms with van der Waals surface area (Å²) in [6, 6.07) is 0. The largest absolute Gasteiger partial charge is 0.394 e. The SMILES string of the molecule is CO[C@@H]1O[C@H](CO)[C@H](O)[C@H](O)[C@H]1O[C@H]1O[C@H](CO)[C@H](O)[C@H](O)[C@H]1O. The fourth-order valence-electron chi connectivity index (χ4n) is 2.73. The molecule has 24 heavy (non-hydrogen) atoms. The molecule has 2 aliphatic rings. The highest BCUT2D eigenvalue weighted by molar-refractivity contribution is 4.93. The van der Waals surface area contributed by atoms with Crippen molar-refractivity contribution in [3.8, 4) is 0 Å². The normalized spacial score (nSPS) is 50.0. The van der Waals surface area contributed by atoms with Gasteiger partial charge in [-0.15, -0.1) is 0 Å². The molecule has 2 rings (SSSR count). The summed E-state index contributed by atoms with van der Waals surface area (Å²) in [5.74, 6) is 0. The second kappa shape index (κ2) is 8.29. The zero-order chi connectivity index (χ0) is 18.0. The summed E-state index contributed by atoms with van der Waals surface area (Å²) in [5, 5.41) is 67.8. The van der Waals surface area contributed by atoms with Crippen LogP contribution in [-0.2, 0) is 18.9 Å². The maximum absolute atomic E-state index is 10.2. The Balaban J connectivity index is 2.12. The van der Waals surface area contributed by atoms with E-state index in [1.165, 1.54) is 7.11 Å². The topological polar surface area (TPSA) is 179 Å². The first-order valence-corrected chi connectivity index (χ1v) is 7.46. The van der Waals surface area contributed by atoms with Crippen molar-refractivity contribution < 1.29 is 54.7 Å². The predicted molar refractivity (Wildman–Crippen MR) is 73.4 cm³/mol. The van der Waals surface area contributed by atoms with Crippen LogP contribution in [0.2, 0.25) is 0 Å². The summed E-state index contributed by atoms with van der Waals surface area (Å²) in [6.45, 7) is -1.21. The molecule has 0 aliphatic carbocycles. The van der Waals surface area contributed by atoms with Crippen LogP contribution in [0.5, 0.6) is 0 Å². The number of rotatable bonds is 5. The Labute approximate surface area is 137 Å². The Hall–Kier alpha value is -0.440. The third-order valence-corrected chi connectivity index (χ3v) is 4.20. The number of aliphatic hydroxyl groups is 7. The van der Waals surface area contributed by atoms with E-state index in [9.17, 15) is 25.5 Å². The second-order valence-corrected chi connectivity index (χ2v) is 5.74. The highest BCUT2D eigenvalue weighted by Crippen LogP contribution is 2.29. The van der Waals surface area contributed by atoms with Crippen LogP contribution < -0.4 is 0 Å². The van der Waals surface area contributed by atoms with Crippen molar-refractivity contribution in [1.82, 2.24) is 0 Å². The molecule has 0 aromatic heterocycles. The van der Waals surface area contributed by atoms with Crippen molar-refractivity contribution in [1.29, 1.82) is 0 Å². The smallest absolute Gasteiger partial charge is 0.187 e. The van der Waals surface area contributed by atoms with Gasteiger partial charge in [-0.25, -0.2) is 0 Å². The Bertz CT molecular complexity index is 392. The first-order chi connectivity index (χ1) is 11.3. The molecule has 2 fully saturated rings. The molecule has 2 aliphatic heterocycles. The molecule has 142 valence electrons. The molecule has 0 spiro atoms. The van der Waals surface area contributed by atoms with E-state index >= 15 is 0 Å². The molecule has 0 aromatic carbocycles. The quantitative estimate of drug-likeness (QED) is 0.251. The van der Waals surface area contributed by atoms with Gasteiger partial charge in [-0.3, -0.25) is 0 Å². The van der Waals surface area contributed by atoms with Crippen LogP contribution in [0.1, 0.15) is 0 Å². The zero-order valence-electron chi connectivity index (χ0n) is 13.0. The monoisotopic (exact) mass is 356 g/mol. The Morgan fingerprint density at radius 1 is 0.708 bits per heavy atom. The Morgan fingerprint density at radius 3 is 1.71 bits per heavy atom. The van der Waals surface area contributed by atoms with E-state index in [0.29, 0.717) is 0 Å². The average molecular weight is 356 g/mol. The van der Waals surface area contributed by atoms with Gasteiger partial charge in [-0.1, -0.05) is 0 Å². The number of ether oxygens (including phenoxy) is 4. The van der Waals surface area contributed by atoms with E-state index in [1.54, 1.807) is 0 Å². The molecular weight excluding hydrogens is 332 g/mol. The molecular formula is C13H24O11. The summed E-state index contributed by atoms with van der Waals surface area (Å²) >= 11 is 0. The van der Waals surface area contributed by atoms with Gasteiger partial charge in [-0.05, 0) is 0 Å². The van der Waals surface area contributed by atoms with Gasteiger partial charge in [0.1, 0.15) is 48.8 Å². The third kappa shape index (κ3) is 3.71. The van der Waals surface area contributed by atoms with E-state index in [-0.39, 0.29) is 0 Å². The second-order valence-electron chi connectivity index (χ2n) is 5.74. The van der Waals surface area contributed by atoms with E-state index < -0.39 is 74.6 Å². The molecule has 0 aromatic rings. The number of hydrogen-bond donors (Lipinski definition) is 7. The highest BCUT2D eigenvalue weighted by Gasteiger charge is 2.50. The van der Waals surface area contributed by atoms with Crippen LogP contribution in [0.25, 0.3) is 0 Å². The minimum atomic E-state index is -1.68. The Kier molecular flexibility index (Phi) is 6.87. The van der Waals surface area contributed by atoms with Crippen molar-refractivity contribution in [3.63, 3.8) is 0 Å². The maximum atomic E-state index is 10.2. The van der Waals surface area contributed by atoms with Crippen molar-refractivity contribution in [2.45, 2.75) is 61.4 Å². The van der Waals surface area contributed by atoms with Crippen LogP contribution in [0.3, 0.4) is 0 Å². The van der Waals surface area contributed by atoms with Crippen LogP contribution >= 0.6 is 0 Å². The van der Waals surface area contributed by atoms with Gasteiger partial charge in [-0.2, -0.15) is 0 Å². The maximum Gasteiger partial charge on any atom is 0.187 e. The first kappa shape index (κ1) is 19.9. The molecule has 0 radical (unpaired) electrons. The molecule has 0 amide bonds. The standard InChI is InChI=1S/C13H24O11/c1-21-13-11(9(19)7(17)5(3-15)23-13)24-12-10(20)8(18)6(16)4(2-14)22-12/h4-20H,2-3H2,1H3/t4-,5-,6+,7+,8+,9+,10-,11-,12-,13-/m1/s1. The van der Waals surface area contributed by atoms with Gasteiger partial charge in [0.15, 0.2) is 12.6 Å². The minimum absolute atomic E-state index is 0.565. The molecule has 0 bridgehead atoms. The van der Waals surface area contributed by atoms with Crippen LogP contribution in [0.15, 0.2) is 0 Å². The van der Waals surface area contributed by atoms with Gasteiger partial charge >= 0.3 is 0 Å². The summed E-state index contributed by atoms with van der Waals surface area (Å²) in [7, 11) is 1.24. The van der Waals surface area contributed by atoms with Gasteiger partial charge < -0.3 is 54.7 Å². The lowest BCUT2D eigenvalue weighted by Gasteiger charge is -2.45. The van der Waals surface area contributed by atoms with Gasteiger partial charge in [0.2, 0.25) is 0 Å². The van der Waals surface area contributed by atoms with Crippen LogP contribution in [0, 0.1) is 0 Å². The van der Waals surface area contributed by atoms with Crippen molar-refractivity contribution in [3.05, 3.63) is 0 Å². The molecule has 11 nitrogen and oxygen atoms in total. The summed E-state index contributed by atoms with van der Waals surface area (Å²) < 4.78 is 20.8. The van der Waals surface area contributed by atoms with Crippen molar-refractivity contribution in [2.75, 3.05) is 20.3 Å². The van der Waals surface area contributed by atoms with Gasteiger partial charge in [0.05, 0.1) is 13.2 Å². The van der Waals surface area contributed by atoms with Gasteiger partial charge in [0, 0.05) is 7.11 Å². The molecule has 2 saturated heterocycles. The van der Waals surface area contributed by atoms with Crippen molar-refractivity contribution in [2.24, 2.45) is 0 Å². The third-order valence-electron chi connectivity index (χ3n) is 4.20. The molecule has 11 heteroatoms. The summed E-state index contributed by atoms with van der Waals surface area (Å²) in [4.78, 5) is 0. The van der Waals surface area contributed by atoms with E-state index in [0.717, 1.165) is 0 Å². The lowest BCUT2D eigenvalue weighted by Crippen LogP contribution is -2.64. The zero-order valence-corrected chi connectivity index (χ0v) is 13.0. The van der Waals surface area contributed by atoms with E-state index in [1.807, 2.05) is 0 Å². The fourth-order valence-corrected chi connectivity index (χ4v) is 2.73. The fraction of sp³-hybridized carbons (Fsp3) is 1.00. The summed E-state index contributed by atoms with van der Waals surface area (Å²) in [6.07, 6.45) is -14.3.